The van der Waals surface area contributed by atoms with Crippen LogP contribution in [0.3, 0.4) is 0 Å². The first kappa shape index (κ1) is 18.9. The highest BCUT2D eigenvalue weighted by molar-refractivity contribution is 5.92. The largest absolute Gasteiger partial charge is 0.477 e. The number of hydrogen-bond donors (Lipinski definition) is 2. The Morgan fingerprint density at radius 1 is 1.17 bits per heavy atom. The number of aromatic nitrogens is 2. The molecule has 2 N–H and O–H groups in total. The fourth-order valence-electron chi connectivity index (χ4n) is 3.38. The lowest BCUT2D eigenvalue weighted by atomic mass is 10.1. The molecule has 150 valence electrons. The normalized spacial score (nSPS) is 16.6. The molecule has 1 unspecified atom stereocenters. The van der Waals surface area contributed by atoms with E-state index >= 15 is 0 Å². The number of carboxylic acid groups (broad SMARTS) is 1. The number of β-amino-alcohol motifs (C(OH)–C–C–N with tert-alkyl or cyclic N) is 1. The van der Waals surface area contributed by atoms with Crippen LogP contribution >= 0.6 is 0 Å². The third-order valence-corrected chi connectivity index (χ3v) is 4.78. The van der Waals surface area contributed by atoms with Gasteiger partial charge in [0.25, 0.3) is 0 Å². The molecular formula is C19H14F3N3O4. The number of carbonyl (C=O) groups is 1. The highest BCUT2D eigenvalue weighted by Gasteiger charge is 2.26. The van der Waals surface area contributed by atoms with Crippen LogP contribution in [0.25, 0.3) is 16.7 Å². The summed E-state index contributed by atoms with van der Waals surface area (Å²) in [6.45, 7) is 0.441. The van der Waals surface area contributed by atoms with E-state index in [1.807, 2.05) is 0 Å². The second-order valence-electron chi connectivity index (χ2n) is 6.70. The molecule has 0 saturated carbocycles. The molecule has 4 rings (SSSR count). The summed E-state index contributed by atoms with van der Waals surface area (Å²) < 4.78 is 43.4. The monoisotopic (exact) mass is 405 g/mol. The molecule has 3 heterocycles. The average molecular weight is 405 g/mol. The van der Waals surface area contributed by atoms with Crippen LogP contribution in [-0.4, -0.2) is 44.9 Å². The number of aliphatic hydroxyl groups excluding tert-OH is 1. The minimum absolute atomic E-state index is 0.123. The summed E-state index contributed by atoms with van der Waals surface area (Å²) in [5.74, 6) is -4.48. The van der Waals surface area contributed by atoms with Crippen LogP contribution in [-0.2, 0) is 0 Å². The van der Waals surface area contributed by atoms with E-state index in [1.165, 1.54) is 4.90 Å². The lowest BCUT2D eigenvalue weighted by molar-refractivity contribution is 0.0695. The van der Waals surface area contributed by atoms with Gasteiger partial charge in [0.15, 0.2) is 17.3 Å². The maximum absolute atomic E-state index is 14.7. The molecule has 1 atom stereocenters. The zero-order valence-electron chi connectivity index (χ0n) is 14.8. The fraction of sp³-hybridized carbons (Fsp3) is 0.211. The van der Waals surface area contributed by atoms with E-state index in [-0.39, 0.29) is 29.1 Å². The van der Waals surface area contributed by atoms with Crippen molar-refractivity contribution >= 4 is 22.8 Å². The fourth-order valence-corrected chi connectivity index (χ4v) is 3.38. The first-order valence-corrected chi connectivity index (χ1v) is 8.64. The highest BCUT2D eigenvalue weighted by Crippen LogP contribution is 2.27. The van der Waals surface area contributed by atoms with Gasteiger partial charge in [0.05, 0.1) is 17.2 Å². The number of aromatic carboxylic acids is 1. The molecule has 0 radical (unpaired) electrons. The molecule has 29 heavy (non-hydrogen) atoms. The second kappa shape index (κ2) is 6.89. The van der Waals surface area contributed by atoms with Gasteiger partial charge in [-0.25, -0.2) is 22.9 Å². The first-order valence-electron chi connectivity index (χ1n) is 8.64. The van der Waals surface area contributed by atoms with E-state index in [1.54, 1.807) is 0 Å². The molecule has 1 aliphatic rings. The molecule has 0 spiro atoms. The standard InChI is InChI=1S/C19H14F3N3O4/c20-9-1-2-15(13(21)5-9)25-8-12(19(28)29)16(27)11-6-14(22)18(23-17(11)25)24-4-3-10(26)7-24/h1-2,5-6,8,10,26H,3-4,7H2,(H,28,29). The number of hydrogen-bond acceptors (Lipinski definition) is 5. The average Bonchev–Trinajstić information content (AvgIpc) is 3.08. The summed E-state index contributed by atoms with van der Waals surface area (Å²) in [6, 6.07) is 3.46. The molecule has 1 fully saturated rings. The Morgan fingerprint density at radius 2 is 1.93 bits per heavy atom. The van der Waals surface area contributed by atoms with Crippen LogP contribution in [0.15, 0.2) is 35.3 Å². The molecule has 0 amide bonds. The Bertz CT molecular complexity index is 1210. The molecule has 1 saturated heterocycles. The lowest BCUT2D eigenvalue weighted by Crippen LogP contribution is -2.25. The maximum Gasteiger partial charge on any atom is 0.341 e. The summed E-state index contributed by atoms with van der Waals surface area (Å²) in [7, 11) is 0. The zero-order chi connectivity index (χ0) is 20.9. The lowest BCUT2D eigenvalue weighted by Gasteiger charge is -2.19. The molecule has 3 aromatic rings. The number of benzene rings is 1. The zero-order valence-corrected chi connectivity index (χ0v) is 14.8. The van der Waals surface area contributed by atoms with Crippen molar-refractivity contribution in [2.45, 2.75) is 12.5 Å². The second-order valence-corrected chi connectivity index (χ2v) is 6.70. The molecule has 10 heteroatoms. The number of carboxylic acids is 1. The molecule has 1 aromatic carbocycles. The van der Waals surface area contributed by atoms with E-state index in [0.717, 1.165) is 29.0 Å². The number of anilines is 1. The highest BCUT2D eigenvalue weighted by atomic mass is 19.1. The number of rotatable bonds is 3. The minimum atomic E-state index is -1.58. The van der Waals surface area contributed by atoms with E-state index in [0.29, 0.717) is 19.0 Å². The number of aliphatic hydroxyl groups is 1. The van der Waals surface area contributed by atoms with Gasteiger partial charge < -0.3 is 15.1 Å². The third kappa shape index (κ3) is 3.21. The quantitative estimate of drug-likeness (QED) is 0.693. The van der Waals surface area contributed by atoms with Gasteiger partial charge in [0.2, 0.25) is 5.43 Å². The topological polar surface area (TPSA) is 95.7 Å². The molecule has 2 aromatic heterocycles. The van der Waals surface area contributed by atoms with Gasteiger partial charge in [-0.2, -0.15) is 0 Å². The van der Waals surface area contributed by atoms with Gasteiger partial charge in [-0.1, -0.05) is 0 Å². The molecule has 0 aliphatic carbocycles. The Labute approximate surface area is 161 Å². The van der Waals surface area contributed by atoms with Crippen molar-refractivity contribution in [2.75, 3.05) is 18.0 Å². The van der Waals surface area contributed by atoms with Gasteiger partial charge in [-0.3, -0.25) is 9.36 Å². The summed E-state index contributed by atoms with van der Waals surface area (Å²) in [5.41, 5.74) is -2.15. The molecule has 7 nitrogen and oxygen atoms in total. The number of nitrogens with zero attached hydrogens (tertiary/aromatic N) is 3. The van der Waals surface area contributed by atoms with Crippen molar-refractivity contribution in [3.8, 4) is 5.69 Å². The Balaban J connectivity index is 2.05. The van der Waals surface area contributed by atoms with Gasteiger partial charge in [-0.05, 0) is 24.6 Å². The van der Waals surface area contributed by atoms with Crippen LogP contribution in [0.2, 0.25) is 0 Å². The summed E-state index contributed by atoms with van der Waals surface area (Å²) >= 11 is 0. The van der Waals surface area contributed by atoms with Crippen molar-refractivity contribution in [1.82, 2.24) is 9.55 Å². The summed E-state index contributed by atoms with van der Waals surface area (Å²) in [4.78, 5) is 29.6. The number of pyridine rings is 2. The van der Waals surface area contributed by atoms with Crippen molar-refractivity contribution in [2.24, 2.45) is 0 Å². The molecule has 1 aliphatic heterocycles. The number of fused-ring (bicyclic) bond motifs is 1. The third-order valence-electron chi connectivity index (χ3n) is 4.78. The van der Waals surface area contributed by atoms with Gasteiger partial charge in [0.1, 0.15) is 17.2 Å². The Morgan fingerprint density at radius 3 is 2.55 bits per heavy atom. The molecular weight excluding hydrogens is 391 g/mol. The Hall–Kier alpha value is -3.40. The van der Waals surface area contributed by atoms with Crippen LogP contribution in [0.4, 0.5) is 19.0 Å². The first-order chi connectivity index (χ1) is 13.8. The van der Waals surface area contributed by atoms with Crippen LogP contribution in [0, 0.1) is 17.5 Å². The molecule has 0 bridgehead atoms. The summed E-state index contributed by atoms with van der Waals surface area (Å²) in [6.07, 6.45) is 0.603. The van der Waals surface area contributed by atoms with E-state index < -0.39 is 40.5 Å². The maximum atomic E-state index is 14.7. The van der Waals surface area contributed by atoms with E-state index in [4.69, 9.17) is 0 Å². The van der Waals surface area contributed by atoms with Crippen LogP contribution < -0.4 is 10.3 Å². The van der Waals surface area contributed by atoms with Gasteiger partial charge in [0, 0.05) is 25.4 Å². The predicted octanol–water partition coefficient (Wildman–Crippen LogP) is 2.07. The van der Waals surface area contributed by atoms with Crippen molar-refractivity contribution in [3.05, 3.63) is 63.7 Å². The minimum Gasteiger partial charge on any atom is -0.477 e. The SMILES string of the molecule is O=C(O)c1cn(-c2ccc(F)cc2F)c2nc(N3CCC(O)C3)c(F)cc2c1=O. The van der Waals surface area contributed by atoms with Crippen LogP contribution in [0.1, 0.15) is 16.8 Å². The van der Waals surface area contributed by atoms with E-state index in [2.05, 4.69) is 4.98 Å². The number of halogens is 3. The smallest absolute Gasteiger partial charge is 0.341 e. The van der Waals surface area contributed by atoms with Crippen molar-refractivity contribution in [3.63, 3.8) is 0 Å². The summed E-state index contributed by atoms with van der Waals surface area (Å²) in [5, 5.41) is 18.7. The van der Waals surface area contributed by atoms with Crippen molar-refractivity contribution < 1.29 is 28.2 Å². The van der Waals surface area contributed by atoms with Crippen molar-refractivity contribution in [1.29, 1.82) is 0 Å². The van der Waals surface area contributed by atoms with Gasteiger partial charge in [-0.15, -0.1) is 0 Å². The van der Waals surface area contributed by atoms with Crippen LogP contribution in [0.5, 0.6) is 0 Å². The van der Waals surface area contributed by atoms with E-state index in [9.17, 15) is 33.0 Å². The predicted molar refractivity (Wildman–Crippen MR) is 97.0 cm³/mol. The Kier molecular flexibility index (Phi) is 4.50. The van der Waals surface area contributed by atoms with Gasteiger partial charge >= 0.3 is 5.97 Å².